The van der Waals surface area contributed by atoms with Crippen LogP contribution in [-0.2, 0) is 21.2 Å². The van der Waals surface area contributed by atoms with Gasteiger partial charge in [0, 0.05) is 12.1 Å². The average molecular weight is 305 g/mol. The SMILES string of the molecule is CC(CCC(=O)O)(C(=O)O)c1ccc(C(F)(F)F)cc1N. The molecule has 0 radical (unpaired) electrons. The summed E-state index contributed by atoms with van der Waals surface area (Å²) in [6, 6.07) is 2.36. The summed E-state index contributed by atoms with van der Waals surface area (Å²) in [4.78, 5) is 22.0. The number of benzene rings is 1. The molecular weight excluding hydrogens is 291 g/mol. The second kappa shape index (κ2) is 5.63. The quantitative estimate of drug-likeness (QED) is 0.726. The van der Waals surface area contributed by atoms with Crippen LogP contribution in [0, 0.1) is 0 Å². The first kappa shape index (κ1) is 16.8. The summed E-state index contributed by atoms with van der Waals surface area (Å²) in [5, 5.41) is 17.9. The monoisotopic (exact) mass is 305 g/mol. The van der Waals surface area contributed by atoms with Crippen molar-refractivity contribution in [3.63, 3.8) is 0 Å². The molecule has 4 N–H and O–H groups in total. The van der Waals surface area contributed by atoms with Crippen LogP contribution < -0.4 is 5.73 Å². The maximum atomic E-state index is 12.6. The normalized spacial score (nSPS) is 14.5. The molecule has 0 bridgehead atoms. The highest BCUT2D eigenvalue weighted by Crippen LogP contribution is 2.37. The summed E-state index contributed by atoms with van der Waals surface area (Å²) < 4.78 is 37.7. The summed E-state index contributed by atoms with van der Waals surface area (Å²) in [6.45, 7) is 1.23. The summed E-state index contributed by atoms with van der Waals surface area (Å²) in [5.41, 5.74) is 2.50. The van der Waals surface area contributed by atoms with Crippen LogP contribution >= 0.6 is 0 Å². The lowest BCUT2D eigenvalue weighted by molar-refractivity contribution is -0.144. The van der Waals surface area contributed by atoms with E-state index in [-0.39, 0.29) is 17.7 Å². The molecule has 0 aliphatic carbocycles. The second-order valence-corrected chi connectivity index (χ2v) is 4.83. The van der Waals surface area contributed by atoms with E-state index >= 15 is 0 Å². The average Bonchev–Trinajstić information content (AvgIpc) is 2.34. The Morgan fingerprint density at radius 1 is 1.24 bits per heavy atom. The summed E-state index contributed by atoms with van der Waals surface area (Å²) >= 11 is 0. The highest BCUT2D eigenvalue weighted by Gasteiger charge is 2.38. The maximum Gasteiger partial charge on any atom is 0.416 e. The van der Waals surface area contributed by atoms with Crippen LogP contribution in [0.1, 0.15) is 30.9 Å². The number of alkyl halides is 3. The number of anilines is 1. The van der Waals surface area contributed by atoms with Crippen molar-refractivity contribution < 1.29 is 33.0 Å². The number of carboxylic acids is 2. The Morgan fingerprint density at radius 2 is 1.81 bits per heavy atom. The molecule has 0 fully saturated rings. The molecule has 1 aromatic rings. The first-order chi connectivity index (χ1) is 9.48. The third-order valence-electron chi connectivity index (χ3n) is 3.28. The highest BCUT2D eigenvalue weighted by atomic mass is 19.4. The van der Waals surface area contributed by atoms with Gasteiger partial charge >= 0.3 is 18.1 Å². The molecule has 21 heavy (non-hydrogen) atoms. The number of nitrogens with two attached hydrogens (primary N) is 1. The Balaban J connectivity index is 3.27. The van der Waals surface area contributed by atoms with Gasteiger partial charge in [0.15, 0.2) is 0 Å². The van der Waals surface area contributed by atoms with E-state index in [1.54, 1.807) is 0 Å². The lowest BCUT2D eigenvalue weighted by atomic mass is 9.77. The second-order valence-electron chi connectivity index (χ2n) is 4.83. The van der Waals surface area contributed by atoms with Crippen molar-refractivity contribution in [3.05, 3.63) is 29.3 Å². The molecule has 0 aliphatic heterocycles. The van der Waals surface area contributed by atoms with E-state index in [0.717, 1.165) is 12.1 Å². The predicted octanol–water partition coefficient (Wildman–Crippen LogP) is 2.49. The van der Waals surface area contributed by atoms with Crippen LogP contribution in [0.25, 0.3) is 0 Å². The zero-order valence-corrected chi connectivity index (χ0v) is 11.1. The van der Waals surface area contributed by atoms with Crippen LogP contribution in [0.2, 0.25) is 0 Å². The van der Waals surface area contributed by atoms with E-state index in [4.69, 9.17) is 10.8 Å². The minimum atomic E-state index is -4.59. The third kappa shape index (κ3) is 3.65. The predicted molar refractivity (Wildman–Crippen MR) is 67.7 cm³/mol. The molecule has 0 saturated carbocycles. The molecule has 1 unspecified atom stereocenters. The zero-order chi connectivity index (χ0) is 16.4. The molecule has 8 heteroatoms. The number of carbonyl (C=O) groups is 2. The molecule has 1 aromatic carbocycles. The van der Waals surface area contributed by atoms with Gasteiger partial charge in [-0.15, -0.1) is 0 Å². The van der Waals surface area contributed by atoms with E-state index in [1.807, 2.05) is 0 Å². The van der Waals surface area contributed by atoms with Gasteiger partial charge in [-0.2, -0.15) is 13.2 Å². The molecule has 116 valence electrons. The molecule has 0 amide bonds. The summed E-state index contributed by atoms with van der Waals surface area (Å²) in [6.07, 6.45) is -5.32. The lowest BCUT2D eigenvalue weighted by Crippen LogP contribution is -2.34. The molecule has 0 spiro atoms. The van der Waals surface area contributed by atoms with Crippen LogP contribution in [0.5, 0.6) is 0 Å². The van der Waals surface area contributed by atoms with Gasteiger partial charge in [0.2, 0.25) is 0 Å². The maximum absolute atomic E-state index is 12.6. The van der Waals surface area contributed by atoms with Crippen molar-refractivity contribution in [2.24, 2.45) is 0 Å². The fourth-order valence-corrected chi connectivity index (χ4v) is 1.96. The topological polar surface area (TPSA) is 101 Å². The molecule has 1 atom stereocenters. The van der Waals surface area contributed by atoms with Crippen LogP contribution in [0.15, 0.2) is 18.2 Å². The first-order valence-corrected chi connectivity index (χ1v) is 5.91. The van der Waals surface area contributed by atoms with Crippen molar-refractivity contribution in [3.8, 4) is 0 Å². The smallest absolute Gasteiger partial charge is 0.416 e. The van der Waals surface area contributed by atoms with Crippen LogP contribution in [-0.4, -0.2) is 22.2 Å². The number of halogens is 3. The fourth-order valence-electron chi connectivity index (χ4n) is 1.96. The lowest BCUT2D eigenvalue weighted by Gasteiger charge is -2.26. The van der Waals surface area contributed by atoms with Gasteiger partial charge in [0.05, 0.1) is 11.0 Å². The minimum Gasteiger partial charge on any atom is -0.481 e. The summed E-state index contributed by atoms with van der Waals surface area (Å²) in [7, 11) is 0. The highest BCUT2D eigenvalue weighted by molar-refractivity contribution is 5.84. The summed E-state index contributed by atoms with van der Waals surface area (Å²) in [5.74, 6) is -2.55. The van der Waals surface area contributed by atoms with E-state index in [0.29, 0.717) is 6.07 Å². The molecule has 5 nitrogen and oxygen atoms in total. The third-order valence-corrected chi connectivity index (χ3v) is 3.28. The number of hydrogen-bond acceptors (Lipinski definition) is 3. The van der Waals surface area contributed by atoms with Gasteiger partial charge in [0.1, 0.15) is 0 Å². The Bertz CT molecular complexity index is 571. The van der Waals surface area contributed by atoms with Gasteiger partial charge in [-0.25, -0.2) is 0 Å². The van der Waals surface area contributed by atoms with Crippen molar-refractivity contribution in [2.45, 2.75) is 31.4 Å². The van der Waals surface area contributed by atoms with Gasteiger partial charge < -0.3 is 15.9 Å². The Morgan fingerprint density at radius 3 is 2.19 bits per heavy atom. The number of rotatable bonds is 5. The first-order valence-electron chi connectivity index (χ1n) is 5.91. The van der Waals surface area contributed by atoms with Gasteiger partial charge in [-0.3, -0.25) is 9.59 Å². The molecule has 0 aromatic heterocycles. The van der Waals surface area contributed by atoms with Gasteiger partial charge in [0.25, 0.3) is 0 Å². The fraction of sp³-hybridized carbons (Fsp3) is 0.385. The Labute approximate surface area is 118 Å². The molecule has 0 heterocycles. The number of nitrogen functional groups attached to an aromatic ring is 1. The molecule has 1 rings (SSSR count). The molecular formula is C13H14F3NO4. The standard InChI is InChI=1S/C13H14F3NO4/c1-12(11(20)21,5-4-10(18)19)8-3-2-7(6-9(8)17)13(14,15)16/h2-3,6H,4-5,17H2,1H3,(H,18,19)(H,20,21). The zero-order valence-electron chi connectivity index (χ0n) is 11.1. The number of carboxylic acid groups (broad SMARTS) is 2. The van der Waals surface area contributed by atoms with Crippen LogP contribution in [0.4, 0.5) is 18.9 Å². The largest absolute Gasteiger partial charge is 0.481 e. The minimum absolute atomic E-state index is 0.0377. The van der Waals surface area contributed by atoms with Crippen molar-refractivity contribution in [1.29, 1.82) is 0 Å². The van der Waals surface area contributed by atoms with E-state index < -0.39 is 35.5 Å². The van der Waals surface area contributed by atoms with Crippen molar-refractivity contribution in [1.82, 2.24) is 0 Å². The van der Waals surface area contributed by atoms with E-state index in [2.05, 4.69) is 0 Å². The Kier molecular flexibility index (Phi) is 4.50. The van der Waals surface area contributed by atoms with Gasteiger partial charge in [-0.1, -0.05) is 6.07 Å². The molecule has 0 aliphatic rings. The number of aliphatic carboxylic acids is 2. The van der Waals surface area contributed by atoms with E-state index in [9.17, 15) is 27.9 Å². The van der Waals surface area contributed by atoms with E-state index in [1.165, 1.54) is 6.92 Å². The van der Waals surface area contributed by atoms with Crippen molar-refractivity contribution in [2.75, 3.05) is 5.73 Å². The van der Waals surface area contributed by atoms with Gasteiger partial charge in [-0.05, 0) is 31.0 Å². The molecule has 0 saturated heterocycles. The van der Waals surface area contributed by atoms with Crippen molar-refractivity contribution >= 4 is 17.6 Å². The Hall–Kier alpha value is -2.25. The van der Waals surface area contributed by atoms with Crippen LogP contribution in [0.3, 0.4) is 0 Å². The number of hydrogen-bond donors (Lipinski definition) is 3.